The number of ether oxygens (including phenoxy) is 2. The molecule has 7 nitrogen and oxygen atoms in total. The maximum Gasteiger partial charge on any atom is 0.338 e. The number of hydrogen-bond donors (Lipinski definition) is 1. The Kier molecular flexibility index (Phi) is 3.86. The largest absolute Gasteiger partial charge is 0.490 e. The zero-order valence-electron chi connectivity index (χ0n) is 9.64. The van der Waals surface area contributed by atoms with Gasteiger partial charge in [0.1, 0.15) is 5.69 Å². The average Bonchev–Trinajstić information content (AvgIpc) is 2.35. The quantitative estimate of drug-likeness (QED) is 0.486. The van der Waals surface area contributed by atoms with Crippen molar-refractivity contribution in [3.05, 3.63) is 27.8 Å². The lowest BCUT2D eigenvalue weighted by Gasteiger charge is -2.09. The average molecular weight is 240 g/mol. The third kappa shape index (κ3) is 2.44. The molecule has 0 atom stereocenters. The topological polar surface area (TPSA) is 90.7 Å². The molecule has 0 radical (unpaired) electrons. The zero-order valence-corrected chi connectivity index (χ0v) is 9.64. The molecular weight excluding hydrogens is 228 g/mol. The van der Waals surface area contributed by atoms with Crippen LogP contribution in [-0.4, -0.2) is 32.2 Å². The van der Waals surface area contributed by atoms with Gasteiger partial charge in [-0.15, -0.1) is 0 Å². The summed E-state index contributed by atoms with van der Waals surface area (Å²) in [6.07, 6.45) is 0. The molecule has 0 fully saturated rings. The van der Waals surface area contributed by atoms with Gasteiger partial charge in [-0.1, -0.05) is 0 Å². The summed E-state index contributed by atoms with van der Waals surface area (Å²) in [5, 5.41) is 13.5. The number of nitrogens with one attached hydrogen (secondary N) is 1. The number of hydrogen-bond acceptors (Lipinski definition) is 6. The number of carbonyl (C=O) groups is 1. The van der Waals surface area contributed by atoms with E-state index >= 15 is 0 Å². The van der Waals surface area contributed by atoms with Gasteiger partial charge >= 0.3 is 11.7 Å². The molecule has 0 bridgehead atoms. The standard InChI is InChI=1S/C10H12N2O5/c1-11-7-4-6(10(13)17-3)5-8(16-2)9(7)12(14)15/h4-5,11H,1-3H3. The molecule has 0 aliphatic heterocycles. The van der Waals surface area contributed by atoms with Crippen molar-refractivity contribution in [2.45, 2.75) is 0 Å². The summed E-state index contributed by atoms with van der Waals surface area (Å²) in [7, 11) is 4.04. The molecule has 0 saturated carbocycles. The molecule has 1 aromatic carbocycles. The second-order valence-electron chi connectivity index (χ2n) is 3.07. The van der Waals surface area contributed by atoms with Crippen molar-refractivity contribution in [2.75, 3.05) is 26.6 Å². The van der Waals surface area contributed by atoms with Crippen molar-refractivity contribution in [1.82, 2.24) is 0 Å². The van der Waals surface area contributed by atoms with Gasteiger partial charge in [-0.3, -0.25) is 10.1 Å². The number of nitrogens with zero attached hydrogens (tertiary/aromatic N) is 1. The van der Waals surface area contributed by atoms with Gasteiger partial charge in [-0.05, 0) is 6.07 Å². The van der Waals surface area contributed by atoms with Gasteiger partial charge in [0.25, 0.3) is 0 Å². The highest BCUT2D eigenvalue weighted by Crippen LogP contribution is 2.36. The molecule has 0 amide bonds. The van der Waals surface area contributed by atoms with Gasteiger partial charge in [-0.25, -0.2) is 4.79 Å². The summed E-state index contributed by atoms with van der Waals surface area (Å²) in [6, 6.07) is 2.61. The smallest absolute Gasteiger partial charge is 0.338 e. The molecule has 17 heavy (non-hydrogen) atoms. The van der Waals surface area contributed by atoms with E-state index in [2.05, 4.69) is 10.1 Å². The Bertz CT molecular complexity index is 433. The van der Waals surface area contributed by atoms with Crippen LogP contribution < -0.4 is 10.1 Å². The van der Waals surface area contributed by atoms with Crippen molar-refractivity contribution in [3.8, 4) is 5.75 Å². The lowest BCUT2D eigenvalue weighted by atomic mass is 10.1. The van der Waals surface area contributed by atoms with Gasteiger partial charge in [0, 0.05) is 13.1 Å². The summed E-state index contributed by atoms with van der Waals surface area (Å²) in [5.74, 6) is -0.586. The Morgan fingerprint density at radius 2 is 2.06 bits per heavy atom. The Hall–Kier alpha value is -2.31. The van der Waals surface area contributed by atoms with E-state index in [-0.39, 0.29) is 22.7 Å². The van der Waals surface area contributed by atoms with Crippen LogP contribution in [0.3, 0.4) is 0 Å². The lowest BCUT2D eigenvalue weighted by molar-refractivity contribution is -0.384. The highest BCUT2D eigenvalue weighted by molar-refractivity contribution is 5.93. The first-order valence-electron chi connectivity index (χ1n) is 4.67. The van der Waals surface area contributed by atoms with Crippen LogP contribution in [0.4, 0.5) is 11.4 Å². The first-order chi connectivity index (χ1) is 8.04. The van der Waals surface area contributed by atoms with Gasteiger partial charge in [0.2, 0.25) is 0 Å². The molecule has 1 N–H and O–H groups in total. The predicted octanol–water partition coefficient (Wildman–Crippen LogP) is 1.43. The number of benzene rings is 1. The predicted molar refractivity (Wildman–Crippen MR) is 60.5 cm³/mol. The van der Waals surface area contributed by atoms with Gasteiger partial charge < -0.3 is 14.8 Å². The van der Waals surface area contributed by atoms with Crippen molar-refractivity contribution >= 4 is 17.3 Å². The van der Waals surface area contributed by atoms with Crippen molar-refractivity contribution in [1.29, 1.82) is 0 Å². The van der Waals surface area contributed by atoms with Crippen molar-refractivity contribution < 1.29 is 19.2 Å². The molecule has 1 aromatic rings. The van der Waals surface area contributed by atoms with Crippen LogP contribution in [0.25, 0.3) is 0 Å². The monoisotopic (exact) mass is 240 g/mol. The summed E-state index contributed by atoms with van der Waals surface area (Å²) >= 11 is 0. The van der Waals surface area contributed by atoms with E-state index in [4.69, 9.17) is 4.74 Å². The van der Waals surface area contributed by atoms with Crippen LogP contribution in [0.2, 0.25) is 0 Å². The molecule has 0 heterocycles. The number of nitro groups is 1. The maximum absolute atomic E-state index is 11.4. The van der Waals surface area contributed by atoms with E-state index in [0.717, 1.165) is 0 Å². The van der Waals surface area contributed by atoms with Gasteiger partial charge in [-0.2, -0.15) is 0 Å². The minimum atomic E-state index is -0.588. The zero-order chi connectivity index (χ0) is 13.0. The van der Waals surface area contributed by atoms with Crippen LogP contribution in [0, 0.1) is 10.1 Å². The first kappa shape index (κ1) is 12.8. The Balaban J connectivity index is 3.44. The summed E-state index contributed by atoms with van der Waals surface area (Å²) in [4.78, 5) is 21.7. The van der Waals surface area contributed by atoms with Crippen LogP contribution in [0.15, 0.2) is 12.1 Å². The molecular formula is C10H12N2O5. The maximum atomic E-state index is 11.4. The molecule has 92 valence electrons. The fourth-order valence-electron chi connectivity index (χ4n) is 1.38. The van der Waals surface area contributed by atoms with Crippen LogP contribution in [-0.2, 0) is 4.74 Å². The van der Waals surface area contributed by atoms with E-state index in [1.165, 1.54) is 33.4 Å². The Labute approximate surface area is 97.5 Å². The number of anilines is 1. The Morgan fingerprint density at radius 3 is 2.47 bits per heavy atom. The first-order valence-corrected chi connectivity index (χ1v) is 4.67. The lowest BCUT2D eigenvalue weighted by Crippen LogP contribution is -2.06. The SMILES string of the molecule is CNc1cc(C(=O)OC)cc(OC)c1[N+](=O)[O-]. The molecule has 0 spiro atoms. The molecule has 7 heteroatoms. The molecule has 0 unspecified atom stereocenters. The number of methoxy groups -OCH3 is 2. The molecule has 0 aliphatic carbocycles. The van der Waals surface area contributed by atoms with Gasteiger partial charge in [0.05, 0.1) is 24.7 Å². The van der Waals surface area contributed by atoms with Crippen LogP contribution in [0.5, 0.6) is 5.75 Å². The summed E-state index contributed by atoms with van der Waals surface area (Å²) < 4.78 is 9.44. The van der Waals surface area contributed by atoms with E-state index in [1.54, 1.807) is 0 Å². The number of esters is 1. The fraction of sp³-hybridized carbons (Fsp3) is 0.300. The highest BCUT2D eigenvalue weighted by Gasteiger charge is 2.23. The minimum Gasteiger partial charge on any atom is -0.490 e. The van der Waals surface area contributed by atoms with E-state index in [9.17, 15) is 14.9 Å². The number of nitro benzene ring substituents is 1. The van der Waals surface area contributed by atoms with Crippen LogP contribution in [0.1, 0.15) is 10.4 Å². The molecule has 0 aromatic heterocycles. The fourth-order valence-corrected chi connectivity index (χ4v) is 1.38. The van der Waals surface area contributed by atoms with Crippen molar-refractivity contribution in [3.63, 3.8) is 0 Å². The molecule has 0 aliphatic rings. The van der Waals surface area contributed by atoms with Crippen molar-refractivity contribution in [2.24, 2.45) is 0 Å². The summed E-state index contributed by atoms with van der Waals surface area (Å²) in [5.41, 5.74) is 0.150. The van der Waals surface area contributed by atoms with Gasteiger partial charge in [0.15, 0.2) is 5.75 Å². The van der Waals surface area contributed by atoms with E-state index in [1.807, 2.05) is 0 Å². The second-order valence-corrected chi connectivity index (χ2v) is 3.07. The third-order valence-electron chi connectivity index (χ3n) is 2.17. The number of rotatable bonds is 4. The molecule has 0 saturated heterocycles. The van der Waals surface area contributed by atoms with Crippen LogP contribution >= 0.6 is 0 Å². The highest BCUT2D eigenvalue weighted by atomic mass is 16.6. The normalized spacial score (nSPS) is 9.59. The minimum absolute atomic E-state index is 0.00208. The van der Waals surface area contributed by atoms with E-state index < -0.39 is 10.9 Å². The third-order valence-corrected chi connectivity index (χ3v) is 2.17. The Morgan fingerprint density at radius 1 is 1.41 bits per heavy atom. The number of carbonyl (C=O) groups excluding carboxylic acids is 1. The summed E-state index contributed by atoms with van der Waals surface area (Å²) in [6.45, 7) is 0. The molecule has 1 rings (SSSR count). The second kappa shape index (κ2) is 5.15. The van der Waals surface area contributed by atoms with E-state index in [0.29, 0.717) is 0 Å².